The van der Waals surface area contributed by atoms with Crippen molar-refractivity contribution in [3.8, 4) is 0 Å². The quantitative estimate of drug-likeness (QED) is 0.622. The molecule has 2 rings (SSSR count). The molecule has 98 valence electrons. The molecule has 1 heterocycles. The van der Waals surface area contributed by atoms with Crippen LogP contribution in [-0.4, -0.2) is 19.7 Å². The van der Waals surface area contributed by atoms with E-state index in [4.69, 9.17) is 0 Å². The van der Waals surface area contributed by atoms with Gasteiger partial charge in [0.25, 0.3) is 5.56 Å². The van der Waals surface area contributed by atoms with Crippen LogP contribution in [0, 0.1) is 15.9 Å². The highest BCUT2D eigenvalue weighted by molar-refractivity contribution is 5.34. The van der Waals surface area contributed by atoms with E-state index in [-0.39, 0.29) is 6.54 Å². The number of H-pyrrole nitrogens is 1. The average Bonchev–Trinajstić information content (AvgIpc) is 2.32. The maximum absolute atomic E-state index is 13.4. The van der Waals surface area contributed by atoms with Gasteiger partial charge in [0, 0.05) is 6.07 Å². The van der Waals surface area contributed by atoms with Crippen LogP contribution in [0.4, 0.5) is 10.1 Å². The largest absolute Gasteiger partial charge is 0.345 e. The fourth-order valence-corrected chi connectivity index (χ4v) is 1.46. The number of aromatic nitrogens is 3. The molecule has 0 aliphatic rings. The molecule has 1 aromatic carbocycles. The van der Waals surface area contributed by atoms with Gasteiger partial charge in [-0.2, -0.15) is 9.49 Å². The monoisotopic (exact) mass is 266 g/mol. The number of nitrogens with zero attached hydrogens (tertiary/aromatic N) is 3. The second kappa shape index (κ2) is 4.80. The molecule has 0 bridgehead atoms. The third kappa shape index (κ3) is 2.70. The fourth-order valence-electron chi connectivity index (χ4n) is 1.46. The smallest absolute Gasteiger partial charge is 0.271 e. The lowest BCUT2D eigenvalue weighted by Crippen LogP contribution is -2.31. The first-order valence-corrected chi connectivity index (χ1v) is 5.06. The van der Waals surface area contributed by atoms with Gasteiger partial charge in [-0.15, -0.1) is 0 Å². The summed E-state index contributed by atoms with van der Waals surface area (Å²) in [4.78, 5) is 33.7. The predicted octanol–water partition coefficient (Wildman–Crippen LogP) is 0.0272. The molecular formula is C10H7FN4O4. The van der Waals surface area contributed by atoms with Crippen molar-refractivity contribution in [1.29, 1.82) is 0 Å². The molecule has 0 saturated heterocycles. The lowest BCUT2D eigenvalue weighted by atomic mass is 10.2. The SMILES string of the molecule is O=c1cnn(Cc2ccc([N+](=O)[O-])c(F)c2)c(=O)[nH]1. The second-order valence-electron chi connectivity index (χ2n) is 3.64. The molecule has 0 fully saturated rings. The van der Waals surface area contributed by atoms with Crippen molar-refractivity contribution in [2.75, 3.05) is 0 Å². The molecule has 1 aromatic heterocycles. The summed E-state index contributed by atoms with van der Waals surface area (Å²) >= 11 is 0. The zero-order chi connectivity index (χ0) is 14.0. The van der Waals surface area contributed by atoms with Crippen LogP contribution >= 0.6 is 0 Å². The van der Waals surface area contributed by atoms with Crippen LogP contribution in [0.2, 0.25) is 0 Å². The zero-order valence-electron chi connectivity index (χ0n) is 9.37. The van der Waals surface area contributed by atoms with E-state index in [1.54, 1.807) is 0 Å². The van der Waals surface area contributed by atoms with Crippen LogP contribution in [0.5, 0.6) is 0 Å². The Morgan fingerprint density at radius 2 is 2.16 bits per heavy atom. The molecule has 0 unspecified atom stereocenters. The minimum absolute atomic E-state index is 0.107. The molecule has 1 N–H and O–H groups in total. The fraction of sp³-hybridized carbons (Fsp3) is 0.100. The Kier molecular flexibility index (Phi) is 3.19. The molecule has 2 aromatic rings. The third-order valence-corrected chi connectivity index (χ3v) is 2.32. The summed E-state index contributed by atoms with van der Waals surface area (Å²) in [5.41, 5.74) is -1.72. The van der Waals surface area contributed by atoms with E-state index in [1.807, 2.05) is 4.98 Å². The van der Waals surface area contributed by atoms with E-state index >= 15 is 0 Å². The number of aromatic amines is 1. The Labute approximate surface area is 104 Å². The first-order chi connectivity index (χ1) is 8.97. The summed E-state index contributed by atoms with van der Waals surface area (Å²) in [5.74, 6) is -1.00. The number of halogens is 1. The van der Waals surface area contributed by atoms with Gasteiger partial charge in [-0.3, -0.25) is 19.9 Å². The van der Waals surface area contributed by atoms with Crippen LogP contribution < -0.4 is 11.2 Å². The first kappa shape index (κ1) is 12.6. The van der Waals surface area contributed by atoms with Gasteiger partial charge in [0.05, 0.1) is 11.5 Å². The standard InChI is InChI=1S/C10H7FN4O4/c11-7-3-6(1-2-8(7)15(18)19)5-14-10(17)13-9(16)4-12-14/h1-4H,5H2,(H,13,16,17). The van der Waals surface area contributed by atoms with Crippen molar-refractivity contribution in [3.05, 3.63) is 66.7 Å². The maximum atomic E-state index is 13.4. The van der Waals surface area contributed by atoms with E-state index in [0.717, 1.165) is 23.0 Å². The van der Waals surface area contributed by atoms with Gasteiger partial charge in [0.2, 0.25) is 5.82 Å². The Bertz CT molecular complexity index is 752. The van der Waals surface area contributed by atoms with E-state index in [1.165, 1.54) is 6.07 Å². The average molecular weight is 266 g/mol. The highest BCUT2D eigenvalue weighted by Gasteiger charge is 2.14. The van der Waals surface area contributed by atoms with Crippen LogP contribution in [0.1, 0.15) is 5.56 Å². The maximum Gasteiger partial charge on any atom is 0.345 e. The van der Waals surface area contributed by atoms with Gasteiger partial charge in [-0.05, 0) is 11.6 Å². The van der Waals surface area contributed by atoms with E-state index in [0.29, 0.717) is 5.56 Å². The Morgan fingerprint density at radius 1 is 1.42 bits per heavy atom. The van der Waals surface area contributed by atoms with E-state index < -0.39 is 27.7 Å². The molecule has 9 heteroatoms. The molecule has 19 heavy (non-hydrogen) atoms. The first-order valence-electron chi connectivity index (χ1n) is 5.06. The molecule has 0 amide bonds. The van der Waals surface area contributed by atoms with Crippen molar-refractivity contribution < 1.29 is 9.31 Å². The third-order valence-electron chi connectivity index (χ3n) is 2.32. The Morgan fingerprint density at radius 3 is 2.74 bits per heavy atom. The van der Waals surface area contributed by atoms with Gasteiger partial charge in [-0.1, -0.05) is 6.07 Å². The molecule has 0 aliphatic heterocycles. The number of rotatable bonds is 3. The Balaban J connectivity index is 2.34. The lowest BCUT2D eigenvalue weighted by Gasteiger charge is -2.03. The van der Waals surface area contributed by atoms with E-state index in [9.17, 15) is 24.1 Å². The summed E-state index contributed by atoms with van der Waals surface area (Å²) in [7, 11) is 0. The number of hydrogen-bond donors (Lipinski definition) is 1. The number of nitrogens with one attached hydrogen (secondary N) is 1. The molecule has 0 saturated carbocycles. The van der Waals surface area contributed by atoms with Gasteiger partial charge >= 0.3 is 11.4 Å². The number of nitro groups is 1. The van der Waals surface area contributed by atoms with Crippen molar-refractivity contribution in [2.24, 2.45) is 0 Å². The van der Waals surface area contributed by atoms with Crippen LogP contribution in [0.3, 0.4) is 0 Å². The van der Waals surface area contributed by atoms with E-state index in [2.05, 4.69) is 5.10 Å². The highest BCUT2D eigenvalue weighted by atomic mass is 19.1. The highest BCUT2D eigenvalue weighted by Crippen LogP contribution is 2.18. The molecule has 0 spiro atoms. The molecular weight excluding hydrogens is 259 g/mol. The van der Waals surface area contributed by atoms with Gasteiger partial charge in [-0.25, -0.2) is 9.48 Å². The zero-order valence-corrected chi connectivity index (χ0v) is 9.37. The number of benzene rings is 1. The minimum atomic E-state index is -1.00. The number of nitro benzene ring substituents is 1. The number of hydrogen-bond acceptors (Lipinski definition) is 5. The summed E-state index contributed by atoms with van der Waals surface area (Å²) in [6.45, 7) is -0.107. The summed E-state index contributed by atoms with van der Waals surface area (Å²) in [5, 5.41) is 14.0. The van der Waals surface area contributed by atoms with Gasteiger partial charge in [0.15, 0.2) is 0 Å². The summed E-state index contributed by atoms with van der Waals surface area (Å²) in [6, 6.07) is 3.25. The topological polar surface area (TPSA) is 111 Å². The van der Waals surface area contributed by atoms with Gasteiger partial charge in [0.1, 0.15) is 6.20 Å². The van der Waals surface area contributed by atoms with Crippen LogP contribution in [0.25, 0.3) is 0 Å². The summed E-state index contributed by atoms with van der Waals surface area (Å²) in [6.07, 6.45) is 0.906. The second-order valence-corrected chi connectivity index (χ2v) is 3.64. The summed E-state index contributed by atoms with van der Waals surface area (Å²) < 4.78 is 14.3. The Hall–Kier alpha value is -2.84. The molecule has 0 radical (unpaired) electrons. The molecule has 8 nitrogen and oxygen atoms in total. The molecule has 0 aliphatic carbocycles. The predicted molar refractivity (Wildman–Crippen MR) is 61.3 cm³/mol. The molecule has 0 atom stereocenters. The van der Waals surface area contributed by atoms with Crippen LogP contribution in [-0.2, 0) is 6.54 Å². The minimum Gasteiger partial charge on any atom is -0.271 e. The lowest BCUT2D eigenvalue weighted by molar-refractivity contribution is -0.387. The van der Waals surface area contributed by atoms with Crippen LogP contribution in [0.15, 0.2) is 34.0 Å². The van der Waals surface area contributed by atoms with Crippen molar-refractivity contribution >= 4 is 5.69 Å². The van der Waals surface area contributed by atoms with Gasteiger partial charge < -0.3 is 0 Å². The van der Waals surface area contributed by atoms with Crippen molar-refractivity contribution in [2.45, 2.75) is 6.54 Å². The normalized spacial score (nSPS) is 10.4. The van der Waals surface area contributed by atoms with Crippen molar-refractivity contribution in [1.82, 2.24) is 14.8 Å². The van der Waals surface area contributed by atoms with Crippen molar-refractivity contribution in [3.63, 3.8) is 0 Å².